The fourth-order valence-electron chi connectivity index (χ4n) is 0.800. The second-order valence-electron chi connectivity index (χ2n) is 2.73. The van der Waals surface area contributed by atoms with Crippen molar-refractivity contribution in [3.63, 3.8) is 0 Å². The predicted octanol–water partition coefficient (Wildman–Crippen LogP) is 0.470. The number of benzene rings is 1. The third-order valence-electron chi connectivity index (χ3n) is 1.58. The molecule has 13 heavy (non-hydrogen) atoms. The minimum absolute atomic E-state index is 0.143. The molecule has 0 amide bonds. The average molecular weight is 184 g/mol. The third-order valence-corrected chi connectivity index (χ3v) is 1.58. The highest BCUT2D eigenvalue weighted by atomic mass is 16.6. The van der Waals surface area contributed by atoms with Gasteiger partial charge in [-0.25, -0.2) is 0 Å². The first-order chi connectivity index (χ1) is 6.09. The summed E-state index contributed by atoms with van der Waals surface area (Å²) < 4.78 is 5.12. The van der Waals surface area contributed by atoms with E-state index < -0.39 is 12.4 Å². The number of aliphatic hydroxyl groups is 2. The van der Waals surface area contributed by atoms with Gasteiger partial charge in [-0.2, -0.15) is 0 Å². The van der Waals surface area contributed by atoms with Crippen molar-refractivity contribution in [1.82, 2.24) is 0 Å². The average Bonchev–Trinajstić information content (AvgIpc) is 2.08. The zero-order valence-corrected chi connectivity index (χ0v) is 7.21. The smallest absolute Gasteiger partial charge is 0.189 e. The van der Waals surface area contributed by atoms with E-state index in [1.54, 1.807) is 12.1 Å². The van der Waals surface area contributed by atoms with Gasteiger partial charge in [0, 0.05) is 0 Å². The molecule has 1 rings (SSSR count). The number of aromatic hydroxyl groups is 1. The van der Waals surface area contributed by atoms with Gasteiger partial charge in [-0.1, -0.05) is 0 Å². The lowest BCUT2D eigenvalue weighted by Crippen LogP contribution is -2.27. The number of phenols is 1. The van der Waals surface area contributed by atoms with Crippen molar-refractivity contribution in [2.24, 2.45) is 0 Å². The highest BCUT2D eigenvalue weighted by Crippen LogP contribution is 2.17. The summed E-state index contributed by atoms with van der Waals surface area (Å²) in [5.74, 6) is 0.628. The summed E-state index contributed by atoms with van der Waals surface area (Å²) in [4.78, 5) is 0. The Balaban J connectivity index is 2.59. The zero-order chi connectivity index (χ0) is 9.84. The van der Waals surface area contributed by atoms with E-state index in [-0.39, 0.29) is 5.75 Å². The van der Waals surface area contributed by atoms with Crippen molar-refractivity contribution in [3.8, 4) is 11.5 Å². The molecule has 1 aromatic rings. The highest BCUT2D eigenvalue weighted by Gasteiger charge is 2.11. The van der Waals surface area contributed by atoms with Crippen LogP contribution < -0.4 is 4.74 Å². The molecule has 4 heteroatoms. The zero-order valence-electron chi connectivity index (χ0n) is 7.21. The van der Waals surface area contributed by atoms with Gasteiger partial charge in [0.1, 0.15) is 17.6 Å². The van der Waals surface area contributed by atoms with E-state index >= 15 is 0 Å². The molecule has 0 saturated heterocycles. The van der Waals surface area contributed by atoms with Crippen LogP contribution in [-0.4, -0.2) is 27.7 Å². The monoisotopic (exact) mass is 184 g/mol. The molecule has 1 atom stereocenters. The van der Waals surface area contributed by atoms with Gasteiger partial charge in [-0.3, -0.25) is 0 Å². The van der Waals surface area contributed by atoms with E-state index in [2.05, 4.69) is 0 Å². The Bertz CT molecular complexity index is 255. The van der Waals surface area contributed by atoms with Crippen molar-refractivity contribution < 1.29 is 20.1 Å². The van der Waals surface area contributed by atoms with Crippen molar-refractivity contribution >= 4 is 0 Å². The van der Waals surface area contributed by atoms with Gasteiger partial charge in [0.2, 0.25) is 0 Å². The lowest BCUT2D eigenvalue weighted by atomic mass is 10.3. The Morgan fingerprint density at radius 1 is 1.15 bits per heavy atom. The molecule has 3 N–H and O–H groups in total. The van der Waals surface area contributed by atoms with Crippen LogP contribution in [0.1, 0.15) is 6.92 Å². The molecule has 0 radical (unpaired) electrons. The molecule has 0 bridgehead atoms. The minimum Gasteiger partial charge on any atom is -0.508 e. The highest BCUT2D eigenvalue weighted by molar-refractivity contribution is 5.30. The van der Waals surface area contributed by atoms with Gasteiger partial charge in [0.25, 0.3) is 0 Å². The van der Waals surface area contributed by atoms with E-state index in [0.717, 1.165) is 0 Å². The molecular formula is C9H12O4. The van der Waals surface area contributed by atoms with Crippen molar-refractivity contribution in [2.75, 3.05) is 0 Å². The molecule has 0 aromatic heterocycles. The van der Waals surface area contributed by atoms with Gasteiger partial charge in [0.05, 0.1) is 0 Å². The van der Waals surface area contributed by atoms with Crippen LogP contribution in [0.4, 0.5) is 0 Å². The molecule has 1 aromatic carbocycles. The molecule has 0 saturated carbocycles. The molecule has 0 heterocycles. The third kappa shape index (κ3) is 2.93. The molecule has 4 nitrogen and oxygen atoms in total. The second-order valence-corrected chi connectivity index (χ2v) is 2.73. The first-order valence-corrected chi connectivity index (χ1v) is 3.91. The second kappa shape index (κ2) is 4.11. The molecule has 0 aliphatic rings. The Kier molecular flexibility index (Phi) is 3.11. The quantitative estimate of drug-likeness (QED) is 0.597. The van der Waals surface area contributed by atoms with Gasteiger partial charge in [-0.15, -0.1) is 0 Å². The van der Waals surface area contributed by atoms with Gasteiger partial charge in [0.15, 0.2) is 6.29 Å². The molecule has 0 unspecified atom stereocenters. The maximum atomic E-state index is 8.95. The SMILES string of the molecule is C[C@@H](Oc1ccc(O)cc1)C(O)O. The first kappa shape index (κ1) is 9.83. The Hall–Kier alpha value is -1.26. The molecule has 0 aliphatic heterocycles. The molecule has 0 aliphatic carbocycles. The molecule has 0 spiro atoms. The van der Waals surface area contributed by atoms with Crippen LogP contribution in [0.25, 0.3) is 0 Å². The summed E-state index contributed by atoms with van der Waals surface area (Å²) in [6, 6.07) is 6.03. The summed E-state index contributed by atoms with van der Waals surface area (Å²) in [5, 5.41) is 26.4. The van der Waals surface area contributed by atoms with Crippen LogP contribution in [0, 0.1) is 0 Å². The maximum absolute atomic E-state index is 8.95. The lowest BCUT2D eigenvalue weighted by Gasteiger charge is -2.15. The van der Waals surface area contributed by atoms with Crippen LogP contribution in [0.5, 0.6) is 11.5 Å². The number of phenolic OH excluding ortho intramolecular Hbond substituents is 1. The molecular weight excluding hydrogens is 172 g/mol. The van der Waals surface area contributed by atoms with Crippen LogP contribution in [-0.2, 0) is 0 Å². The van der Waals surface area contributed by atoms with E-state index in [9.17, 15) is 0 Å². The van der Waals surface area contributed by atoms with E-state index in [4.69, 9.17) is 20.1 Å². The van der Waals surface area contributed by atoms with E-state index in [0.29, 0.717) is 5.75 Å². The molecule has 0 fully saturated rings. The molecule has 72 valence electrons. The normalized spacial score (nSPS) is 12.9. The number of hydrogen-bond acceptors (Lipinski definition) is 4. The fourth-order valence-corrected chi connectivity index (χ4v) is 0.800. The fraction of sp³-hybridized carbons (Fsp3) is 0.333. The van der Waals surface area contributed by atoms with E-state index in [1.807, 2.05) is 0 Å². The van der Waals surface area contributed by atoms with Crippen molar-refractivity contribution in [3.05, 3.63) is 24.3 Å². The van der Waals surface area contributed by atoms with Gasteiger partial charge in [-0.05, 0) is 31.2 Å². The van der Waals surface area contributed by atoms with Crippen LogP contribution in [0.15, 0.2) is 24.3 Å². The Morgan fingerprint density at radius 3 is 2.15 bits per heavy atom. The minimum atomic E-state index is -1.51. The van der Waals surface area contributed by atoms with Gasteiger partial charge < -0.3 is 20.1 Å². The van der Waals surface area contributed by atoms with E-state index in [1.165, 1.54) is 19.1 Å². The Morgan fingerprint density at radius 2 is 1.69 bits per heavy atom. The summed E-state index contributed by atoms with van der Waals surface area (Å²) in [6.07, 6.45) is -2.20. The van der Waals surface area contributed by atoms with Gasteiger partial charge >= 0.3 is 0 Å². The number of ether oxygens (including phenoxy) is 1. The van der Waals surface area contributed by atoms with Crippen LogP contribution in [0.3, 0.4) is 0 Å². The summed E-state index contributed by atoms with van der Waals surface area (Å²) in [6.45, 7) is 1.54. The Labute approximate surface area is 76.0 Å². The van der Waals surface area contributed by atoms with Crippen molar-refractivity contribution in [2.45, 2.75) is 19.3 Å². The predicted molar refractivity (Wildman–Crippen MR) is 46.4 cm³/mol. The lowest BCUT2D eigenvalue weighted by molar-refractivity contribution is -0.105. The summed E-state index contributed by atoms with van der Waals surface area (Å²) in [5.41, 5.74) is 0. The topological polar surface area (TPSA) is 69.9 Å². The number of hydrogen-bond donors (Lipinski definition) is 3. The number of rotatable bonds is 3. The summed E-state index contributed by atoms with van der Waals surface area (Å²) >= 11 is 0. The standard InChI is InChI=1S/C9H12O4/c1-6(9(11)12)13-8-4-2-7(10)3-5-8/h2-6,9-12H,1H3/t6-/m1/s1. The van der Waals surface area contributed by atoms with Crippen LogP contribution in [0.2, 0.25) is 0 Å². The van der Waals surface area contributed by atoms with Crippen LogP contribution >= 0.6 is 0 Å². The summed E-state index contributed by atoms with van der Waals surface area (Å²) in [7, 11) is 0. The number of aliphatic hydroxyl groups excluding tert-OH is 1. The largest absolute Gasteiger partial charge is 0.508 e. The first-order valence-electron chi connectivity index (χ1n) is 3.91. The maximum Gasteiger partial charge on any atom is 0.189 e. The van der Waals surface area contributed by atoms with Crippen molar-refractivity contribution in [1.29, 1.82) is 0 Å².